The van der Waals surface area contributed by atoms with Gasteiger partial charge in [0.25, 0.3) is 11.7 Å². The molecule has 0 bridgehead atoms. The number of carbonyl (C=O) groups is 2. The highest BCUT2D eigenvalue weighted by atomic mass is 16.7. The third-order valence-corrected chi connectivity index (χ3v) is 5.12. The second kappa shape index (κ2) is 7.33. The fraction of sp³-hybridized carbons (Fsp3) is 0.125. The third kappa shape index (κ3) is 2.85. The molecule has 1 spiro atoms. The minimum Gasteiger partial charge on any atom is -0.335 e. The van der Waals surface area contributed by atoms with Crippen LogP contribution in [0.15, 0.2) is 89.9 Å². The van der Waals surface area contributed by atoms with Crippen molar-refractivity contribution >= 4 is 28.9 Å². The lowest BCUT2D eigenvalue weighted by Gasteiger charge is -2.30. The summed E-state index contributed by atoms with van der Waals surface area (Å²) < 4.78 is 11.8. The molecule has 2 aliphatic rings. The van der Waals surface area contributed by atoms with Crippen LogP contribution in [-0.4, -0.2) is 36.5 Å². The lowest BCUT2D eigenvalue weighted by molar-refractivity contribution is -0.156. The Morgan fingerprint density at radius 2 is 1.43 bits per heavy atom. The normalized spacial score (nSPS) is 17.4. The number of imide groups is 1. The maximum Gasteiger partial charge on any atom is 0.301 e. The first-order valence-corrected chi connectivity index (χ1v) is 9.66. The molecule has 0 aromatic heterocycles. The molecule has 30 heavy (non-hydrogen) atoms. The Morgan fingerprint density at radius 1 is 0.833 bits per heavy atom. The monoisotopic (exact) mass is 398 g/mol. The van der Waals surface area contributed by atoms with E-state index in [0.29, 0.717) is 28.2 Å². The van der Waals surface area contributed by atoms with Gasteiger partial charge in [-0.1, -0.05) is 60.7 Å². The van der Waals surface area contributed by atoms with Gasteiger partial charge >= 0.3 is 5.91 Å². The summed E-state index contributed by atoms with van der Waals surface area (Å²) >= 11 is 0. The lowest BCUT2D eigenvalue weighted by Crippen LogP contribution is -2.56. The molecule has 6 nitrogen and oxygen atoms in total. The second-order valence-corrected chi connectivity index (χ2v) is 6.94. The summed E-state index contributed by atoms with van der Waals surface area (Å²) in [5, 5.41) is 0. The molecule has 148 valence electrons. The van der Waals surface area contributed by atoms with Crippen LogP contribution >= 0.6 is 0 Å². The molecule has 1 fully saturated rings. The maximum atomic E-state index is 13.9. The number of carbonyl (C=O) groups excluding carboxylic acids is 2. The van der Waals surface area contributed by atoms with Crippen LogP contribution < -0.4 is 4.90 Å². The largest absolute Gasteiger partial charge is 0.335 e. The van der Waals surface area contributed by atoms with Gasteiger partial charge in [0, 0.05) is 11.1 Å². The number of ether oxygens (including phenoxy) is 2. The molecule has 3 aromatic rings. The van der Waals surface area contributed by atoms with E-state index in [1.807, 2.05) is 42.5 Å². The van der Waals surface area contributed by atoms with Crippen LogP contribution in [0.5, 0.6) is 0 Å². The topological polar surface area (TPSA) is 68.2 Å². The van der Waals surface area contributed by atoms with Crippen molar-refractivity contribution < 1.29 is 19.1 Å². The SMILES string of the molecule is O=C(c1ccccc1)N1C(=O)C2(OCCO2)C(c2ccccc2)=Nc2ccccc21. The van der Waals surface area contributed by atoms with Gasteiger partial charge in [-0.15, -0.1) is 0 Å². The van der Waals surface area contributed by atoms with Crippen molar-refractivity contribution in [3.05, 3.63) is 96.1 Å². The number of fused-ring (bicyclic) bond motifs is 1. The summed E-state index contributed by atoms with van der Waals surface area (Å²) in [5.74, 6) is -2.86. The van der Waals surface area contributed by atoms with E-state index in [2.05, 4.69) is 0 Å². The number of hydrogen-bond acceptors (Lipinski definition) is 5. The molecule has 0 radical (unpaired) electrons. The van der Waals surface area contributed by atoms with Crippen molar-refractivity contribution in [2.24, 2.45) is 4.99 Å². The Bertz CT molecular complexity index is 1140. The average Bonchev–Trinajstić information content (AvgIpc) is 3.27. The van der Waals surface area contributed by atoms with Gasteiger partial charge in [-0.2, -0.15) is 0 Å². The summed E-state index contributed by atoms with van der Waals surface area (Å²) in [6.45, 7) is 0.447. The van der Waals surface area contributed by atoms with E-state index in [-0.39, 0.29) is 13.2 Å². The highest BCUT2D eigenvalue weighted by Crippen LogP contribution is 2.40. The molecule has 0 saturated carbocycles. The molecule has 3 aromatic carbocycles. The Labute approximate surface area is 173 Å². The zero-order valence-electron chi connectivity index (χ0n) is 16.0. The Morgan fingerprint density at radius 3 is 2.13 bits per heavy atom. The van der Waals surface area contributed by atoms with Crippen molar-refractivity contribution in [1.29, 1.82) is 0 Å². The molecule has 2 heterocycles. The van der Waals surface area contributed by atoms with E-state index in [1.165, 1.54) is 0 Å². The number of hydrogen-bond donors (Lipinski definition) is 0. The molecule has 0 unspecified atom stereocenters. The highest BCUT2D eigenvalue weighted by Gasteiger charge is 2.55. The Kier molecular flexibility index (Phi) is 4.50. The van der Waals surface area contributed by atoms with Crippen LogP contribution in [-0.2, 0) is 14.3 Å². The number of rotatable bonds is 2. The van der Waals surface area contributed by atoms with E-state index in [9.17, 15) is 9.59 Å². The molecule has 0 aliphatic carbocycles. The first-order valence-electron chi connectivity index (χ1n) is 9.66. The number of benzene rings is 3. The minimum atomic E-state index is -1.79. The number of para-hydroxylation sites is 2. The molecule has 2 aliphatic heterocycles. The van der Waals surface area contributed by atoms with Crippen LogP contribution in [0, 0.1) is 0 Å². The summed E-state index contributed by atoms with van der Waals surface area (Å²) in [6.07, 6.45) is 0. The standard InChI is InChI=1S/C24H18N2O4/c27-22(18-11-5-2-6-12-18)26-20-14-8-7-13-19(20)25-21(17-9-3-1-4-10-17)24(23(26)28)29-15-16-30-24/h1-14H,15-16H2. The maximum absolute atomic E-state index is 13.9. The fourth-order valence-electron chi connectivity index (χ4n) is 3.73. The molecule has 1 saturated heterocycles. The summed E-state index contributed by atoms with van der Waals surface area (Å²) in [6, 6.07) is 25.0. The first-order chi connectivity index (χ1) is 14.7. The van der Waals surface area contributed by atoms with E-state index < -0.39 is 17.6 Å². The van der Waals surface area contributed by atoms with Crippen LogP contribution in [0.4, 0.5) is 11.4 Å². The van der Waals surface area contributed by atoms with Crippen molar-refractivity contribution in [2.75, 3.05) is 18.1 Å². The van der Waals surface area contributed by atoms with Crippen LogP contribution in [0.2, 0.25) is 0 Å². The molecule has 5 rings (SSSR count). The highest BCUT2D eigenvalue weighted by molar-refractivity contribution is 6.33. The lowest BCUT2D eigenvalue weighted by atomic mass is 10.0. The van der Waals surface area contributed by atoms with Gasteiger partial charge in [-0.05, 0) is 24.3 Å². The van der Waals surface area contributed by atoms with Gasteiger partial charge in [0.05, 0.1) is 24.6 Å². The smallest absolute Gasteiger partial charge is 0.301 e. The van der Waals surface area contributed by atoms with Crippen LogP contribution in [0.3, 0.4) is 0 Å². The van der Waals surface area contributed by atoms with Crippen molar-refractivity contribution in [1.82, 2.24) is 0 Å². The number of anilines is 1. The Balaban J connectivity index is 1.74. The van der Waals surface area contributed by atoms with Gasteiger partial charge < -0.3 is 9.47 Å². The van der Waals surface area contributed by atoms with Crippen molar-refractivity contribution in [3.8, 4) is 0 Å². The minimum absolute atomic E-state index is 0.224. The predicted molar refractivity (Wildman–Crippen MR) is 112 cm³/mol. The van der Waals surface area contributed by atoms with E-state index in [0.717, 1.165) is 4.90 Å². The van der Waals surface area contributed by atoms with Crippen molar-refractivity contribution in [2.45, 2.75) is 5.79 Å². The van der Waals surface area contributed by atoms with Gasteiger partial charge in [0.2, 0.25) is 0 Å². The molecular formula is C24H18N2O4. The number of amides is 2. The van der Waals surface area contributed by atoms with E-state index in [1.54, 1.807) is 42.5 Å². The van der Waals surface area contributed by atoms with Crippen LogP contribution in [0.1, 0.15) is 15.9 Å². The van der Waals surface area contributed by atoms with Gasteiger partial charge in [-0.25, -0.2) is 9.89 Å². The summed E-state index contributed by atoms with van der Waals surface area (Å²) in [4.78, 5) is 33.3. The summed E-state index contributed by atoms with van der Waals surface area (Å²) in [5.41, 5.74) is 2.29. The number of nitrogens with zero attached hydrogens (tertiary/aromatic N) is 2. The summed E-state index contributed by atoms with van der Waals surface area (Å²) in [7, 11) is 0. The van der Waals surface area contributed by atoms with E-state index >= 15 is 0 Å². The van der Waals surface area contributed by atoms with Gasteiger partial charge in [0.1, 0.15) is 5.71 Å². The second-order valence-electron chi connectivity index (χ2n) is 6.94. The average molecular weight is 398 g/mol. The molecular weight excluding hydrogens is 380 g/mol. The van der Waals surface area contributed by atoms with Crippen molar-refractivity contribution in [3.63, 3.8) is 0 Å². The van der Waals surface area contributed by atoms with Gasteiger partial charge in [0.15, 0.2) is 0 Å². The predicted octanol–water partition coefficient (Wildman–Crippen LogP) is 3.74. The van der Waals surface area contributed by atoms with Gasteiger partial charge in [-0.3, -0.25) is 9.59 Å². The zero-order chi connectivity index (χ0) is 20.6. The quantitative estimate of drug-likeness (QED) is 0.617. The molecule has 6 heteroatoms. The Hall–Kier alpha value is -3.61. The van der Waals surface area contributed by atoms with E-state index in [4.69, 9.17) is 14.5 Å². The number of aliphatic imine (C=N–C) groups is 1. The molecule has 0 atom stereocenters. The fourth-order valence-corrected chi connectivity index (χ4v) is 3.73. The zero-order valence-corrected chi connectivity index (χ0v) is 16.0. The van der Waals surface area contributed by atoms with Crippen LogP contribution in [0.25, 0.3) is 0 Å². The first kappa shape index (κ1) is 18.4. The third-order valence-electron chi connectivity index (χ3n) is 5.12. The molecule has 0 N–H and O–H groups in total. The molecule has 2 amide bonds.